The van der Waals surface area contributed by atoms with Gasteiger partial charge in [0.15, 0.2) is 0 Å². The summed E-state index contributed by atoms with van der Waals surface area (Å²) < 4.78 is 5.31. The summed E-state index contributed by atoms with van der Waals surface area (Å²) in [4.78, 5) is 4.81. The number of nitrogens with one attached hydrogen (secondary N) is 1. The molecular formula is C22H20N2O2. The fraction of sp³-hybridized carbons (Fsp3) is 0.136. The number of nitrogens with zero attached hydrogens (tertiary/aromatic N) is 1. The fourth-order valence-corrected chi connectivity index (χ4v) is 3.23. The standard InChI is InChI=1S/C22H20N2O2/c1-14-16(13-25)11-21-19(22(14)23-17-6-4-3-5-7-17)10-15-8-9-18(26-2)12-20(15)24-21/h3-12,23,25H,13H2,1-2H3. The molecule has 4 rings (SSSR count). The summed E-state index contributed by atoms with van der Waals surface area (Å²) in [5.74, 6) is 0.779. The van der Waals surface area contributed by atoms with Crippen LogP contribution in [0.4, 0.5) is 11.4 Å². The zero-order valence-corrected chi connectivity index (χ0v) is 14.8. The molecule has 0 amide bonds. The highest BCUT2D eigenvalue weighted by Crippen LogP contribution is 2.34. The number of hydrogen-bond donors (Lipinski definition) is 2. The van der Waals surface area contributed by atoms with Crippen LogP contribution >= 0.6 is 0 Å². The molecule has 4 nitrogen and oxygen atoms in total. The van der Waals surface area contributed by atoms with E-state index in [4.69, 9.17) is 9.72 Å². The average molecular weight is 344 g/mol. The number of benzene rings is 3. The van der Waals surface area contributed by atoms with Gasteiger partial charge in [0.2, 0.25) is 0 Å². The summed E-state index contributed by atoms with van der Waals surface area (Å²) >= 11 is 0. The van der Waals surface area contributed by atoms with Crippen molar-refractivity contribution in [2.24, 2.45) is 0 Å². The molecule has 0 unspecified atom stereocenters. The Kier molecular flexibility index (Phi) is 4.19. The van der Waals surface area contributed by atoms with Crippen molar-refractivity contribution < 1.29 is 9.84 Å². The number of aliphatic hydroxyl groups is 1. The second-order valence-electron chi connectivity index (χ2n) is 6.30. The molecule has 0 spiro atoms. The highest BCUT2D eigenvalue weighted by molar-refractivity contribution is 6.02. The van der Waals surface area contributed by atoms with Crippen molar-refractivity contribution in [3.63, 3.8) is 0 Å². The van der Waals surface area contributed by atoms with E-state index in [9.17, 15) is 5.11 Å². The first-order valence-corrected chi connectivity index (χ1v) is 8.53. The molecule has 4 heteroatoms. The Labute approximate surface area is 152 Å². The second kappa shape index (κ2) is 6.65. The molecule has 0 saturated carbocycles. The maximum atomic E-state index is 9.79. The van der Waals surface area contributed by atoms with Crippen molar-refractivity contribution >= 4 is 33.2 Å². The minimum absolute atomic E-state index is 0.0247. The molecule has 1 heterocycles. The van der Waals surface area contributed by atoms with E-state index in [2.05, 4.69) is 11.4 Å². The third-order valence-electron chi connectivity index (χ3n) is 4.70. The van der Waals surface area contributed by atoms with Crippen LogP contribution in [0.3, 0.4) is 0 Å². The van der Waals surface area contributed by atoms with E-state index in [-0.39, 0.29) is 6.61 Å². The summed E-state index contributed by atoms with van der Waals surface area (Å²) in [6, 6.07) is 20.0. The molecule has 0 fully saturated rings. The second-order valence-corrected chi connectivity index (χ2v) is 6.30. The number of rotatable bonds is 4. The van der Waals surface area contributed by atoms with E-state index >= 15 is 0 Å². The third-order valence-corrected chi connectivity index (χ3v) is 4.70. The minimum Gasteiger partial charge on any atom is -0.497 e. The lowest BCUT2D eigenvalue weighted by atomic mass is 10.0. The van der Waals surface area contributed by atoms with Crippen LogP contribution in [0.25, 0.3) is 21.8 Å². The van der Waals surface area contributed by atoms with E-state index < -0.39 is 0 Å². The molecule has 0 atom stereocenters. The van der Waals surface area contributed by atoms with E-state index in [0.717, 1.165) is 50.1 Å². The zero-order chi connectivity index (χ0) is 18.1. The predicted octanol–water partition coefficient (Wildman–Crippen LogP) is 4.94. The SMILES string of the molecule is COc1ccc2cc3c(Nc4ccccc4)c(C)c(CO)cc3nc2c1. The van der Waals surface area contributed by atoms with E-state index in [1.54, 1.807) is 7.11 Å². The Morgan fingerprint density at radius 2 is 1.81 bits per heavy atom. The van der Waals surface area contributed by atoms with Crippen LogP contribution in [0.2, 0.25) is 0 Å². The first kappa shape index (κ1) is 16.4. The average Bonchev–Trinajstić information content (AvgIpc) is 2.69. The van der Waals surface area contributed by atoms with E-state index in [1.165, 1.54) is 0 Å². The van der Waals surface area contributed by atoms with Crippen molar-refractivity contribution in [1.29, 1.82) is 0 Å². The molecule has 1 aromatic heterocycles. The van der Waals surface area contributed by atoms with Gasteiger partial charge in [0, 0.05) is 22.5 Å². The van der Waals surface area contributed by atoms with E-state index in [1.807, 2.05) is 61.5 Å². The van der Waals surface area contributed by atoms with Gasteiger partial charge in [-0.25, -0.2) is 4.98 Å². The first-order chi connectivity index (χ1) is 12.7. The van der Waals surface area contributed by atoms with Gasteiger partial charge in [0.25, 0.3) is 0 Å². The lowest BCUT2D eigenvalue weighted by Crippen LogP contribution is -2.00. The molecule has 0 bridgehead atoms. The fourth-order valence-electron chi connectivity index (χ4n) is 3.23. The van der Waals surface area contributed by atoms with Crippen LogP contribution in [0, 0.1) is 6.92 Å². The molecule has 130 valence electrons. The maximum Gasteiger partial charge on any atom is 0.121 e. The van der Waals surface area contributed by atoms with Gasteiger partial charge >= 0.3 is 0 Å². The van der Waals surface area contributed by atoms with Crippen molar-refractivity contribution in [3.8, 4) is 5.75 Å². The summed E-state index contributed by atoms with van der Waals surface area (Å²) in [7, 11) is 1.65. The maximum absolute atomic E-state index is 9.79. The monoisotopic (exact) mass is 344 g/mol. The number of pyridine rings is 1. The highest BCUT2D eigenvalue weighted by atomic mass is 16.5. The quantitative estimate of drug-likeness (QED) is 0.515. The van der Waals surface area contributed by atoms with Crippen LogP contribution < -0.4 is 10.1 Å². The van der Waals surface area contributed by atoms with Crippen LogP contribution in [-0.4, -0.2) is 17.2 Å². The van der Waals surface area contributed by atoms with Crippen LogP contribution in [0.1, 0.15) is 11.1 Å². The Morgan fingerprint density at radius 3 is 2.54 bits per heavy atom. The van der Waals surface area contributed by atoms with Crippen molar-refractivity contribution in [2.75, 3.05) is 12.4 Å². The molecule has 3 aromatic carbocycles. The Hall–Kier alpha value is -3.11. The smallest absolute Gasteiger partial charge is 0.121 e. The first-order valence-electron chi connectivity index (χ1n) is 8.53. The van der Waals surface area contributed by atoms with Gasteiger partial charge in [-0.05, 0) is 54.4 Å². The number of para-hydroxylation sites is 1. The minimum atomic E-state index is -0.0247. The molecule has 26 heavy (non-hydrogen) atoms. The molecule has 4 aromatic rings. The zero-order valence-electron chi connectivity index (χ0n) is 14.8. The van der Waals surface area contributed by atoms with Gasteiger partial charge in [-0.3, -0.25) is 0 Å². The van der Waals surface area contributed by atoms with Crippen LogP contribution in [0.15, 0.2) is 60.7 Å². The highest BCUT2D eigenvalue weighted by Gasteiger charge is 2.13. The van der Waals surface area contributed by atoms with Gasteiger partial charge < -0.3 is 15.2 Å². The van der Waals surface area contributed by atoms with Crippen LogP contribution in [0.5, 0.6) is 5.75 Å². The Bertz CT molecular complexity index is 1090. The topological polar surface area (TPSA) is 54.4 Å². The number of ether oxygens (including phenoxy) is 1. The number of aromatic nitrogens is 1. The van der Waals surface area contributed by atoms with Gasteiger partial charge in [-0.1, -0.05) is 18.2 Å². The summed E-state index contributed by atoms with van der Waals surface area (Å²) in [6.07, 6.45) is 0. The number of anilines is 2. The molecule has 2 N–H and O–H groups in total. The molecule has 0 aliphatic heterocycles. The summed E-state index contributed by atoms with van der Waals surface area (Å²) in [5.41, 5.74) is 5.59. The Balaban J connectivity index is 1.98. The van der Waals surface area contributed by atoms with Crippen molar-refractivity contribution in [1.82, 2.24) is 4.98 Å². The lowest BCUT2D eigenvalue weighted by Gasteiger charge is -2.16. The van der Waals surface area contributed by atoms with Crippen molar-refractivity contribution in [3.05, 3.63) is 71.8 Å². The lowest BCUT2D eigenvalue weighted by molar-refractivity contribution is 0.281. The van der Waals surface area contributed by atoms with Gasteiger partial charge in [-0.2, -0.15) is 0 Å². The van der Waals surface area contributed by atoms with Gasteiger partial charge in [0.05, 0.1) is 30.4 Å². The molecule has 0 saturated heterocycles. The summed E-state index contributed by atoms with van der Waals surface area (Å²) in [5, 5.41) is 15.4. The van der Waals surface area contributed by atoms with E-state index in [0.29, 0.717) is 0 Å². The largest absolute Gasteiger partial charge is 0.497 e. The van der Waals surface area contributed by atoms with Crippen molar-refractivity contribution in [2.45, 2.75) is 13.5 Å². The number of fused-ring (bicyclic) bond motifs is 2. The molecule has 0 radical (unpaired) electrons. The molecular weight excluding hydrogens is 324 g/mol. The van der Waals surface area contributed by atoms with Crippen LogP contribution in [-0.2, 0) is 6.61 Å². The van der Waals surface area contributed by atoms with Gasteiger partial charge in [0.1, 0.15) is 5.75 Å². The molecule has 0 aliphatic carbocycles. The number of hydrogen-bond acceptors (Lipinski definition) is 4. The predicted molar refractivity (Wildman–Crippen MR) is 106 cm³/mol. The van der Waals surface area contributed by atoms with Gasteiger partial charge in [-0.15, -0.1) is 0 Å². The molecule has 0 aliphatic rings. The normalized spacial score (nSPS) is 11.0. The Morgan fingerprint density at radius 1 is 1.00 bits per heavy atom. The number of aliphatic hydroxyl groups excluding tert-OH is 1. The third kappa shape index (κ3) is 2.85. The summed E-state index contributed by atoms with van der Waals surface area (Å²) in [6.45, 7) is 2.00. The number of methoxy groups -OCH3 is 1.